The van der Waals surface area contributed by atoms with Crippen LogP contribution in [0.1, 0.15) is 27.2 Å². The lowest BCUT2D eigenvalue weighted by Crippen LogP contribution is -2.25. The molecule has 4 heterocycles. The summed E-state index contributed by atoms with van der Waals surface area (Å²) >= 11 is 0. The molecular formula is C29H32N10O. The third-order valence-electron chi connectivity index (χ3n) is 5.98. The minimum absolute atomic E-state index is 0.389. The van der Waals surface area contributed by atoms with E-state index in [9.17, 15) is 4.79 Å². The van der Waals surface area contributed by atoms with Gasteiger partial charge in [0.25, 0.3) is 0 Å². The van der Waals surface area contributed by atoms with Gasteiger partial charge in [-0.25, -0.2) is 29.9 Å². The van der Waals surface area contributed by atoms with Crippen LogP contribution in [0.3, 0.4) is 0 Å². The van der Waals surface area contributed by atoms with E-state index in [4.69, 9.17) is 5.73 Å². The van der Waals surface area contributed by atoms with Gasteiger partial charge in [-0.15, -0.1) is 0 Å². The third-order valence-corrected chi connectivity index (χ3v) is 5.98. The van der Waals surface area contributed by atoms with Crippen LogP contribution < -0.4 is 10.6 Å². The number of imidazole rings is 2. The van der Waals surface area contributed by atoms with Crippen LogP contribution in [0, 0.1) is 0 Å². The van der Waals surface area contributed by atoms with Crippen LogP contribution in [-0.2, 0) is 4.79 Å². The zero-order valence-corrected chi connectivity index (χ0v) is 22.8. The molecular weight excluding hydrogens is 504 g/mol. The van der Waals surface area contributed by atoms with Gasteiger partial charge in [-0.05, 0) is 13.8 Å². The van der Waals surface area contributed by atoms with Gasteiger partial charge in [0.15, 0.2) is 11.3 Å². The second kappa shape index (κ2) is 13.6. The van der Waals surface area contributed by atoms with E-state index in [1.54, 1.807) is 23.4 Å². The summed E-state index contributed by atoms with van der Waals surface area (Å²) in [6.45, 7) is 7.86. The number of rotatable bonds is 6. The normalized spacial score (nSPS) is 10.4. The highest BCUT2D eigenvalue weighted by Crippen LogP contribution is 2.24. The zero-order chi connectivity index (χ0) is 28.3. The molecule has 11 heteroatoms. The fourth-order valence-corrected chi connectivity index (χ4v) is 3.99. The predicted octanol–water partition coefficient (Wildman–Crippen LogP) is 4.61. The topological polar surface area (TPSA) is 132 Å². The number of carbonyl (C=O) groups excluding carboxylic acids is 1. The molecule has 40 heavy (non-hydrogen) atoms. The van der Waals surface area contributed by atoms with Crippen LogP contribution in [0.25, 0.3) is 33.8 Å². The molecule has 0 unspecified atom stereocenters. The summed E-state index contributed by atoms with van der Waals surface area (Å²) in [4.78, 5) is 37.1. The Kier molecular flexibility index (Phi) is 9.44. The summed E-state index contributed by atoms with van der Waals surface area (Å²) in [7, 11) is 0. The molecule has 0 bridgehead atoms. The van der Waals surface area contributed by atoms with E-state index < -0.39 is 0 Å². The largest absolute Gasteiger partial charge is 0.369 e. The highest BCUT2D eigenvalue weighted by molar-refractivity contribution is 5.75. The Labute approximate surface area is 232 Å². The average Bonchev–Trinajstić information content (AvgIpc) is 3.65. The van der Waals surface area contributed by atoms with Gasteiger partial charge in [0, 0.05) is 30.6 Å². The molecule has 0 aliphatic rings. The van der Waals surface area contributed by atoms with Gasteiger partial charge < -0.3 is 15.4 Å². The van der Waals surface area contributed by atoms with Crippen molar-refractivity contribution >= 4 is 29.5 Å². The zero-order valence-electron chi connectivity index (χ0n) is 22.8. The van der Waals surface area contributed by atoms with Gasteiger partial charge >= 0.3 is 0 Å². The maximum atomic E-state index is 9.17. The van der Waals surface area contributed by atoms with Crippen LogP contribution in [0.5, 0.6) is 0 Å². The fraction of sp³-hybridized carbons (Fsp3) is 0.207. The van der Waals surface area contributed by atoms with Gasteiger partial charge in [0.2, 0.25) is 11.9 Å². The molecule has 4 aromatic heterocycles. The summed E-state index contributed by atoms with van der Waals surface area (Å²) in [5.41, 5.74) is 11.1. The van der Waals surface area contributed by atoms with Gasteiger partial charge in [0.05, 0.1) is 0 Å². The van der Waals surface area contributed by atoms with Crippen molar-refractivity contribution in [3.8, 4) is 22.5 Å². The number of hydrogen-bond acceptors (Lipinski definition) is 9. The Hall–Kier alpha value is -5.19. The van der Waals surface area contributed by atoms with Crippen molar-refractivity contribution in [3.63, 3.8) is 0 Å². The van der Waals surface area contributed by atoms with Crippen LogP contribution in [0.15, 0.2) is 86.0 Å². The quantitative estimate of drug-likeness (QED) is 0.303. The molecule has 2 aromatic carbocycles. The summed E-state index contributed by atoms with van der Waals surface area (Å²) in [5, 5.41) is 0. The number of carbonyl (C=O) groups is 1. The lowest BCUT2D eigenvalue weighted by molar-refractivity contribution is -0.107. The van der Waals surface area contributed by atoms with Crippen molar-refractivity contribution in [1.29, 1.82) is 0 Å². The molecule has 2 N–H and O–H groups in total. The first-order valence-electron chi connectivity index (χ1n) is 13.0. The molecule has 0 saturated heterocycles. The van der Waals surface area contributed by atoms with E-state index in [1.165, 1.54) is 6.33 Å². The molecule has 0 fully saturated rings. The third kappa shape index (κ3) is 6.09. The molecule has 0 spiro atoms. The molecule has 0 radical (unpaired) electrons. The molecule has 0 amide bonds. The van der Waals surface area contributed by atoms with Crippen molar-refractivity contribution in [1.82, 2.24) is 38.7 Å². The van der Waals surface area contributed by atoms with Gasteiger partial charge in [-0.3, -0.25) is 8.80 Å². The van der Waals surface area contributed by atoms with Gasteiger partial charge in [-0.1, -0.05) is 67.6 Å². The summed E-state index contributed by atoms with van der Waals surface area (Å²) < 4.78 is 3.62. The first kappa shape index (κ1) is 27.8. The minimum Gasteiger partial charge on any atom is -0.369 e. The van der Waals surface area contributed by atoms with Crippen molar-refractivity contribution in [3.05, 3.63) is 86.0 Å². The first-order chi connectivity index (χ1) is 19.6. The second-order valence-electron chi connectivity index (χ2n) is 8.46. The highest BCUT2D eigenvalue weighted by Gasteiger charge is 2.14. The monoisotopic (exact) mass is 536 g/mol. The van der Waals surface area contributed by atoms with Crippen molar-refractivity contribution in [2.75, 3.05) is 23.7 Å². The Morgan fingerprint density at radius 3 is 1.68 bits per heavy atom. The number of nitrogens with zero attached hydrogens (tertiary/aromatic N) is 9. The first-order valence-corrected chi connectivity index (χ1v) is 13.0. The molecule has 0 aliphatic heterocycles. The Bertz CT molecular complexity index is 1640. The van der Waals surface area contributed by atoms with Gasteiger partial charge in [-0.2, -0.15) is 0 Å². The Morgan fingerprint density at radius 2 is 1.18 bits per heavy atom. The number of aldehydes is 1. The van der Waals surface area contributed by atoms with Crippen LogP contribution in [0.2, 0.25) is 0 Å². The fourth-order valence-electron chi connectivity index (χ4n) is 3.99. The number of nitrogen functional groups attached to an aromatic ring is 1. The lowest BCUT2D eigenvalue weighted by Gasteiger charge is -2.19. The molecule has 0 saturated carbocycles. The van der Waals surface area contributed by atoms with Crippen molar-refractivity contribution in [2.45, 2.75) is 27.2 Å². The number of nitrogens with two attached hydrogens (primary N) is 1. The average molecular weight is 537 g/mol. The predicted molar refractivity (Wildman–Crippen MR) is 157 cm³/mol. The van der Waals surface area contributed by atoms with Crippen molar-refractivity contribution < 1.29 is 4.79 Å². The Morgan fingerprint density at radius 1 is 0.700 bits per heavy atom. The molecule has 6 aromatic rings. The number of aromatic nitrogens is 8. The number of benzene rings is 2. The van der Waals surface area contributed by atoms with Gasteiger partial charge in [0.1, 0.15) is 43.0 Å². The highest BCUT2D eigenvalue weighted by atomic mass is 16.1. The summed E-state index contributed by atoms with van der Waals surface area (Å²) in [6, 6.07) is 20.0. The minimum atomic E-state index is 0.389. The Balaban J connectivity index is 0.000000166. The lowest BCUT2D eigenvalue weighted by atomic mass is 10.2. The number of fused-ring (bicyclic) bond motifs is 2. The molecule has 0 aliphatic carbocycles. The molecule has 11 nitrogen and oxygen atoms in total. The van der Waals surface area contributed by atoms with Crippen LogP contribution in [-0.4, -0.2) is 58.1 Å². The summed E-state index contributed by atoms with van der Waals surface area (Å²) in [5.74, 6) is 1.27. The van der Waals surface area contributed by atoms with E-state index in [-0.39, 0.29) is 0 Å². The van der Waals surface area contributed by atoms with Crippen LogP contribution in [0.4, 0.5) is 11.9 Å². The van der Waals surface area contributed by atoms with Crippen LogP contribution >= 0.6 is 0 Å². The van der Waals surface area contributed by atoms with Crippen molar-refractivity contribution in [2.24, 2.45) is 0 Å². The maximum Gasteiger partial charge on any atom is 0.214 e. The maximum absolute atomic E-state index is 9.17. The van der Waals surface area contributed by atoms with E-state index in [1.807, 2.05) is 72.0 Å². The number of anilines is 2. The van der Waals surface area contributed by atoms with E-state index in [0.717, 1.165) is 59.1 Å². The van der Waals surface area contributed by atoms with E-state index in [0.29, 0.717) is 12.4 Å². The second-order valence-corrected chi connectivity index (χ2v) is 8.46. The molecule has 204 valence electrons. The number of hydrogen-bond donors (Lipinski definition) is 1. The standard InChI is InChI=1S/C15H17N5.C11H9N5.C3H6O/c1-3-19(4-2)15-17-10-16-14-13(18-11-20(14)15)12-8-6-5-7-9-12;12-11-14-6-13-10-9(15-7-16(10)11)8-4-2-1-3-5-8;1-2-3-4/h5-11H,3-4H2,1-2H3;1-7H,(H2,12,13,14);3H,2H2,1H3. The smallest absolute Gasteiger partial charge is 0.214 e. The molecule has 0 atom stereocenters. The van der Waals surface area contributed by atoms with E-state index in [2.05, 4.69) is 48.7 Å². The molecule has 6 rings (SSSR count). The summed E-state index contributed by atoms with van der Waals surface area (Å²) in [6.07, 6.45) is 7.99. The SMILES string of the molecule is CCC=O.CCN(CC)c1ncnc2c(-c3ccccc3)ncn12.Nc1ncnc2c(-c3ccccc3)ncn12. The van der Waals surface area contributed by atoms with E-state index >= 15 is 0 Å².